The van der Waals surface area contributed by atoms with Crippen LogP contribution in [0.4, 0.5) is 13.2 Å². The van der Waals surface area contributed by atoms with E-state index in [0.717, 1.165) is 32.2 Å². The standard InChI is InChI=1S/C18H25F3N2O/c1-13(2)10-17(24)14-4-5-15(16(11-14)18(19,20)21)12-23-8-6-22(3)7-9-23/h4-5,11,13H,6-10,12H2,1-3H3. The first-order valence-corrected chi connectivity index (χ1v) is 8.31. The van der Waals surface area contributed by atoms with Gasteiger partial charge in [-0.2, -0.15) is 13.2 Å². The van der Waals surface area contributed by atoms with Gasteiger partial charge in [0, 0.05) is 44.7 Å². The van der Waals surface area contributed by atoms with Crippen molar-refractivity contribution in [3.8, 4) is 0 Å². The second-order valence-corrected chi connectivity index (χ2v) is 6.97. The lowest BCUT2D eigenvalue weighted by molar-refractivity contribution is -0.138. The second kappa shape index (κ2) is 7.66. The molecule has 24 heavy (non-hydrogen) atoms. The van der Waals surface area contributed by atoms with Gasteiger partial charge in [0.05, 0.1) is 5.56 Å². The van der Waals surface area contributed by atoms with Gasteiger partial charge in [-0.05, 0) is 24.6 Å². The molecule has 0 radical (unpaired) electrons. The maximum absolute atomic E-state index is 13.4. The summed E-state index contributed by atoms with van der Waals surface area (Å²) in [7, 11) is 2.01. The minimum Gasteiger partial charge on any atom is -0.304 e. The average molecular weight is 342 g/mol. The van der Waals surface area contributed by atoms with E-state index in [4.69, 9.17) is 0 Å². The highest BCUT2D eigenvalue weighted by Gasteiger charge is 2.34. The summed E-state index contributed by atoms with van der Waals surface area (Å²) < 4.78 is 40.3. The molecule has 0 bridgehead atoms. The molecule has 6 heteroatoms. The smallest absolute Gasteiger partial charge is 0.304 e. The molecule has 0 spiro atoms. The summed E-state index contributed by atoms with van der Waals surface area (Å²) in [5, 5.41) is 0. The van der Waals surface area contributed by atoms with Crippen LogP contribution in [0.3, 0.4) is 0 Å². The molecule has 0 unspecified atom stereocenters. The van der Waals surface area contributed by atoms with E-state index in [1.54, 1.807) is 0 Å². The van der Waals surface area contributed by atoms with Gasteiger partial charge in [0.25, 0.3) is 0 Å². The number of hydrogen-bond acceptors (Lipinski definition) is 3. The number of hydrogen-bond donors (Lipinski definition) is 0. The minimum atomic E-state index is -4.45. The fourth-order valence-corrected chi connectivity index (χ4v) is 2.89. The zero-order valence-corrected chi connectivity index (χ0v) is 14.5. The van der Waals surface area contributed by atoms with E-state index >= 15 is 0 Å². The van der Waals surface area contributed by atoms with Gasteiger partial charge < -0.3 is 4.90 Å². The number of benzene rings is 1. The van der Waals surface area contributed by atoms with Crippen LogP contribution in [-0.2, 0) is 12.7 Å². The number of likely N-dealkylation sites (N-methyl/N-ethyl adjacent to an activating group) is 1. The Morgan fingerprint density at radius 2 is 1.79 bits per heavy atom. The maximum Gasteiger partial charge on any atom is 0.416 e. The number of alkyl halides is 3. The Hall–Kier alpha value is -1.40. The largest absolute Gasteiger partial charge is 0.416 e. The van der Waals surface area contributed by atoms with Crippen LogP contribution >= 0.6 is 0 Å². The summed E-state index contributed by atoms with van der Waals surface area (Å²) >= 11 is 0. The van der Waals surface area contributed by atoms with Crippen molar-refractivity contribution in [2.75, 3.05) is 33.2 Å². The Bertz CT molecular complexity index is 576. The molecule has 1 aliphatic rings. The number of carbonyl (C=O) groups is 1. The molecule has 1 heterocycles. The Labute approximate surface area is 141 Å². The molecule has 1 aromatic rings. The van der Waals surface area contributed by atoms with Crippen LogP contribution in [0.5, 0.6) is 0 Å². The molecular weight excluding hydrogens is 317 g/mol. The highest BCUT2D eigenvalue weighted by Crippen LogP contribution is 2.34. The molecule has 0 atom stereocenters. The van der Waals surface area contributed by atoms with Gasteiger partial charge >= 0.3 is 6.18 Å². The number of halogens is 3. The third-order valence-electron chi connectivity index (χ3n) is 4.32. The maximum atomic E-state index is 13.4. The Kier molecular flexibility index (Phi) is 6.04. The summed E-state index contributed by atoms with van der Waals surface area (Å²) in [5.41, 5.74) is -0.290. The molecule has 1 saturated heterocycles. The normalized spacial score (nSPS) is 17.5. The zero-order valence-electron chi connectivity index (χ0n) is 14.5. The SMILES string of the molecule is CC(C)CC(=O)c1ccc(CN2CCN(C)CC2)c(C(F)(F)F)c1. The molecule has 0 aromatic heterocycles. The lowest BCUT2D eigenvalue weighted by atomic mass is 9.96. The molecule has 0 amide bonds. The van der Waals surface area contributed by atoms with Gasteiger partial charge in [-0.1, -0.05) is 26.0 Å². The minimum absolute atomic E-state index is 0.122. The molecular formula is C18H25F3N2O. The van der Waals surface area contributed by atoms with Crippen molar-refractivity contribution < 1.29 is 18.0 Å². The molecule has 1 aliphatic heterocycles. The highest BCUT2D eigenvalue weighted by atomic mass is 19.4. The van der Waals surface area contributed by atoms with Crippen molar-refractivity contribution >= 4 is 5.78 Å². The zero-order chi connectivity index (χ0) is 17.9. The van der Waals surface area contributed by atoms with Crippen molar-refractivity contribution in [3.63, 3.8) is 0 Å². The Morgan fingerprint density at radius 3 is 2.33 bits per heavy atom. The van der Waals surface area contributed by atoms with Crippen molar-refractivity contribution in [1.82, 2.24) is 9.80 Å². The topological polar surface area (TPSA) is 23.6 Å². The summed E-state index contributed by atoms with van der Waals surface area (Å²) in [4.78, 5) is 16.3. The molecule has 0 N–H and O–H groups in total. The Morgan fingerprint density at radius 1 is 1.17 bits per heavy atom. The number of carbonyl (C=O) groups excluding carboxylic acids is 1. The van der Waals surface area contributed by atoms with Crippen molar-refractivity contribution in [2.24, 2.45) is 5.92 Å². The van der Waals surface area contributed by atoms with Gasteiger partial charge in [0.15, 0.2) is 5.78 Å². The van der Waals surface area contributed by atoms with Crippen LogP contribution in [0, 0.1) is 5.92 Å². The van der Waals surface area contributed by atoms with E-state index in [-0.39, 0.29) is 35.8 Å². The molecule has 2 rings (SSSR count). The van der Waals surface area contributed by atoms with Crippen LogP contribution in [-0.4, -0.2) is 48.8 Å². The second-order valence-electron chi connectivity index (χ2n) is 6.97. The quantitative estimate of drug-likeness (QED) is 0.763. The van der Waals surface area contributed by atoms with Crippen LogP contribution < -0.4 is 0 Å². The van der Waals surface area contributed by atoms with Crippen LogP contribution in [0.2, 0.25) is 0 Å². The summed E-state index contributed by atoms with van der Waals surface area (Å²) in [6, 6.07) is 4.02. The van der Waals surface area contributed by atoms with E-state index in [0.29, 0.717) is 0 Å². The number of Topliss-reactive ketones (excluding diaryl/α,β-unsaturated/α-hetero) is 1. The van der Waals surface area contributed by atoms with Crippen LogP contribution in [0.15, 0.2) is 18.2 Å². The predicted octanol–water partition coefficient (Wildman–Crippen LogP) is 3.68. The number of piperazine rings is 1. The fourth-order valence-electron chi connectivity index (χ4n) is 2.89. The number of ketones is 1. The molecule has 0 saturated carbocycles. The third kappa shape index (κ3) is 5.05. The lowest BCUT2D eigenvalue weighted by Crippen LogP contribution is -2.44. The van der Waals surface area contributed by atoms with E-state index in [9.17, 15) is 18.0 Å². The molecule has 1 aromatic carbocycles. The van der Waals surface area contributed by atoms with Gasteiger partial charge in [-0.15, -0.1) is 0 Å². The number of nitrogens with zero attached hydrogens (tertiary/aromatic N) is 2. The van der Waals surface area contributed by atoms with E-state index in [2.05, 4.69) is 4.90 Å². The summed E-state index contributed by atoms with van der Waals surface area (Å²) in [6.07, 6.45) is -4.19. The van der Waals surface area contributed by atoms with Gasteiger partial charge in [0.2, 0.25) is 0 Å². The molecule has 134 valence electrons. The molecule has 0 aliphatic carbocycles. The van der Waals surface area contributed by atoms with Crippen molar-refractivity contribution in [1.29, 1.82) is 0 Å². The van der Waals surface area contributed by atoms with Crippen LogP contribution in [0.1, 0.15) is 41.8 Å². The summed E-state index contributed by atoms with van der Waals surface area (Å²) in [5.74, 6) is -0.112. The average Bonchev–Trinajstić information content (AvgIpc) is 2.48. The first kappa shape index (κ1) is 18.9. The lowest BCUT2D eigenvalue weighted by Gasteiger charge is -2.33. The van der Waals surface area contributed by atoms with E-state index in [1.165, 1.54) is 12.1 Å². The first-order chi connectivity index (χ1) is 11.2. The van der Waals surface area contributed by atoms with Crippen molar-refractivity contribution in [3.05, 3.63) is 34.9 Å². The van der Waals surface area contributed by atoms with E-state index in [1.807, 2.05) is 25.8 Å². The van der Waals surface area contributed by atoms with Crippen LogP contribution in [0.25, 0.3) is 0 Å². The van der Waals surface area contributed by atoms with E-state index < -0.39 is 11.7 Å². The summed E-state index contributed by atoms with van der Waals surface area (Å²) in [6.45, 7) is 7.23. The highest BCUT2D eigenvalue weighted by molar-refractivity contribution is 5.96. The van der Waals surface area contributed by atoms with Gasteiger partial charge in [0.1, 0.15) is 0 Å². The van der Waals surface area contributed by atoms with Crippen molar-refractivity contribution in [2.45, 2.75) is 33.0 Å². The molecule has 1 fully saturated rings. The third-order valence-corrected chi connectivity index (χ3v) is 4.32. The number of rotatable bonds is 5. The monoisotopic (exact) mass is 342 g/mol. The predicted molar refractivity (Wildman–Crippen MR) is 88.0 cm³/mol. The fraction of sp³-hybridized carbons (Fsp3) is 0.611. The first-order valence-electron chi connectivity index (χ1n) is 8.31. The van der Waals surface area contributed by atoms with Gasteiger partial charge in [-0.3, -0.25) is 9.69 Å². The molecule has 3 nitrogen and oxygen atoms in total. The van der Waals surface area contributed by atoms with Gasteiger partial charge in [-0.25, -0.2) is 0 Å². The Balaban J connectivity index is 2.22.